The summed E-state index contributed by atoms with van der Waals surface area (Å²) in [6.07, 6.45) is 0. The molecule has 15 heavy (non-hydrogen) atoms. The summed E-state index contributed by atoms with van der Waals surface area (Å²) in [6.45, 7) is 0. The van der Waals surface area contributed by atoms with Gasteiger partial charge in [-0.15, -0.1) is 0 Å². The van der Waals surface area contributed by atoms with Gasteiger partial charge < -0.3 is 5.73 Å². The van der Waals surface area contributed by atoms with Gasteiger partial charge in [-0.3, -0.25) is 5.10 Å². The Hall–Kier alpha value is -2.17. The number of fused-ring (bicyclic) bond motifs is 3. The maximum Gasteiger partial charge on any atom is 0.217 e. The van der Waals surface area contributed by atoms with E-state index < -0.39 is 5.95 Å². The number of aromatic nitrogens is 3. The van der Waals surface area contributed by atoms with Crippen molar-refractivity contribution in [1.82, 2.24) is 15.2 Å². The summed E-state index contributed by atoms with van der Waals surface area (Å²) >= 11 is 0. The zero-order chi connectivity index (χ0) is 10.4. The van der Waals surface area contributed by atoms with E-state index in [4.69, 9.17) is 5.73 Å². The van der Waals surface area contributed by atoms with E-state index >= 15 is 0 Å². The predicted molar refractivity (Wildman–Crippen MR) is 55.8 cm³/mol. The molecule has 0 radical (unpaired) electrons. The van der Waals surface area contributed by atoms with Crippen molar-refractivity contribution < 1.29 is 4.39 Å². The second-order valence-corrected chi connectivity index (χ2v) is 3.28. The third-order valence-corrected chi connectivity index (χ3v) is 2.38. The van der Waals surface area contributed by atoms with Gasteiger partial charge in [-0.25, -0.2) is 4.98 Å². The van der Waals surface area contributed by atoms with Gasteiger partial charge in [-0.1, -0.05) is 18.2 Å². The van der Waals surface area contributed by atoms with Gasteiger partial charge in [-0.2, -0.15) is 9.49 Å². The third-order valence-electron chi connectivity index (χ3n) is 2.38. The minimum absolute atomic E-state index is 0.240. The fourth-order valence-corrected chi connectivity index (χ4v) is 1.72. The van der Waals surface area contributed by atoms with Crippen LogP contribution in [0.4, 0.5) is 10.2 Å². The van der Waals surface area contributed by atoms with E-state index in [2.05, 4.69) is 15.2 Å². The fourth-order valence-electron chi connectivity index (χ4n) is 1.72. The number of para-hydroxylation sites is 1. The highest BCUT2D eigenvalue weighted by molar-refractivity contribution is 6.07. The van der Waals surface area contributed by atoms with Crippen molar-refractivity contribution in [3.8, 4) is 0 Å². The van der Waals surface area contributed by atoms with Crippen molar-refractivity contribution in [2.45, 2.75) is 0 Å². The number of nitrogens with one attached hydrogen (secondary N) is 1. The number of halogens is 1. The highest BCUT2D eigenvalue weighted by Gasteiger charge is 2.12. The molecule has 74 valence electrons. The number of hydrogen-bond donors (Lipinski definition) is 2. The van der Waals surface area contributed by atoms with Crippen LogP contribution < -0.4 is 5.73 Å². The zero-order valence-electron chi connectivity index (χ0n) is 7.66. The van der Waals surface area contributed by atoms with Crippen LogP contribution in [0.1, 0.15) is 0 Å². The Labute approximate surface area is 83.9 Å². The first-order valence-corrected chi connectivity index (χ1v) is 4.45. The van der Waals surface area contributed by atoms with Crippen LogP contribution in [0.15, 0.2) is 24.3 Å². The molecule has 1 aromatic carbocycles. The number of nitrogens with zero attached hydrogens (tertiary/aromatic N) is 2. The molecule has 0 aliphatic heterocycles. The highest BCUT2D eigenvalue weighted by Crippen LogP contribution is 2.27. The van der Waals surface area contributed by atoms with E-state index in [1.165, 1.54) is 0 Å². The summed E-state index contributed by atoms with van der Waals surface area (Å²) in [4.78, 5) is 4.15. The molecule has 0 fully saturated rings. The molecule has 0 aliphatic carbocycles. The van der Waals surface area contributed by atoms with E-state index in [-0.39, 0.29) is 5.82 Å². The molecule has 5 heteroatoms. The van der Waals surface area contributed by atoms with E-state index in [1.807, 2.05) is 12.1 Å². The molecule has 2 heterocycles. The molecular formula is C10H7FN4. The van der Waals surface area contributed by atoms with Crippen molar-refractivity contribution in [3.63, 3.8) is 0 Å². The predicted octanol–water partition coefficient (Wildman–Crippen LogP) is 1.83. The second-order valence-electron chi connectivity index (χ2n) is 3.28. The molecule has 3 rings (SSSR count). The van der Waals surface area contributed by atoms with Crippen LogP contribution >= 0.6 is 0 Å². The normalized spacial score (nSPS) is 11.3. The number of nitrogens with two attached hydrogens (primary N) is 1. The minimum Gasteiger partial charge on any atom is -0.382 e. The molecule has 0 saturated heterocycles. The van der Waals surface area contributed by atoms with Gasteiger partial charge in [0.2, 0.25) is 5.95 Å². The lowest BCUT2D eigenvalue weighted by atomic mass is 10.1. The van der Waals surface area contributed by atoms with Crippen LogP contribution in [-0.4, -0.2) is 15.2 Å². The average molecular weight is 202 g/mol. The maximum absolute atomic E-state index is 13.5. The Morgan fingerprint density at radius 2 is 2.07 bits per heavy atom. The highest BCUT2D eigenvalue weighted by atomic mass is 19.1. The fraction of sp³-hybridized carbons (Fsp3) is 0. The number of benzene rings is 1. The van der Waals surface area contributed by atoms with Gasteiger partial charge in [0.15, 0.2) is 5.82 Å². The lowest BCUT2D eigenvalue weighted by Gasteiger charge is -2.00. The summed E-state index contributed by atoms with van der Waals surface area (Å²) < 4.78 is 13.5. The van der Waals surface area contributed by atoms with E-state index in [9.17, 15) is 4.39 Å². The van der Waals surface area contributed by atoms with Crippen molar-refractivity contribution >= 4 is 27.6 Å². The second kappa shape index (κ2) is 2.66. The van der Waals surface area contributed by atoms with Crippen molar-refractivity contribution in [2.24, 2.45) is 0 Å². The monoisotopic (exact) mass is 202 g/mol. The third kappa shape index (κ3) is 0.999. The molecule has 3 aromatic rings. The number of rotatable bonds is 0. The molecule has 2 aromatic heterocycles. The quantitative estimate of drug-likeness (QED) is 0.584. The van der Waals surface area contributed by atoms with Gasteiger partial charge in [0.1, 0.15) is 5.52 Å². The topological polar surface area (TPSA) is 67.6 Å². The van der Waals surface area contributed by atoms with Crippen LogP contribution in [0.5, 0.6) is 0 Å². The number of pyridine rings is 1. The molecule has 0 spiro atoms. The number of H-pyrrole nitrogens is 1. The van der Waals surface area contributed by atoms with E-state index in [0.717, 1.165) is 0 Å². The largest absolute Gasteiger partial charge is 0.382 e. The van der Waals surface area contributed by atoms with Crippen molar-refractivity contribution in [3.05, 3.63) is 30.2 Å². The molecule has 0 bridgehead atoms. The van der Waals surface area contributed by atoms with Crippen LogP contribution in [0, 0.1) is 5.95 Å². The van der Waals surface area contributed by atoms with Gasteiger partial charge in [0.25, 0.3) is 0 Å². The Balaban J connectivity index is 2.67. The standard InChI is InChI=1S/C10H7FN4/c11-9-7-5-3-1-2-4-6(5)13-10(12)8(7)14-15-9/h1-4H,(H2,12,13)(H,14,15). The first-order chi connectivity index (χ1) is 7.27. The van der Waals surface area contributed by atoms with Gasteiger partial charge in [-0.05, 0) is 6.07 Å². The molecule has 0 unspecified atom stereocenters. The first-order valence-electron chi connectivity index (χ1n) is 4.45. The Morgan fingerprint density at radius 1 is 1.27 bits per heavy atom. The Morgan fingerprint density at radius 3 is 2.93 bits per heavy atom. The molecule has 0 atom stereocenters. The zero-order valence-corrected chi connectivity index (χ0v) is 7.66. The summed E-state index contributed by atoms with van der Waals surface area (Å²) in [5, 5.41) is 7.17. The molecular weight excluding hydrogens is 195 g/mol. The van der Waals surface area contributed by atoms with Crippen LogP contribution in [0.2, 0.25) is 0 Å². The summed E-state index contributed by atoms with van der Waals surface area (Å²) in [5.41, 5.74) is 6.73. The Kier molecular flexibility index (Phi) is 1.45. The Bertz CT molecular complexity index is 659. The smallest absolute Gasteiger partial charge is 0.217 e. The molecule has 3 N–H and O–H groups in total. The van der Waals surface area contributed by atoms with Crippen LogP contribution in [-0.2, 0) is 0 Å². The number of anilines is 1. The average Bonchev–Trinajstić information content (AvgIpc) is 2.62. The van der Waals surface area contributed by atoms with Crippen molar-refractivity contribution in [2.75, 3.05) is 5.73 Å². The number of hydrogen-bond acceptors (Lipinski definition) is 3. The minimum atomic E-state index is -0.477. The number of aromatic amines is 1. The van der Waals surface area contributed by atoms with Crippen molar-refractivity contribution in [1.29, 1.82) is 0 Å². The summed E-state index contributed by atoms with van der Waals surface area (Å²) in [5.74, 6) is -0.237. The van der Waals surface area contributed by atoms with Gasteiger partial charge in [0, 0.05) is 5.39 Å². The maximum atomic E-state index is 13.5. The molecule has 0 aliphatic rings. The summed E-state index contributed by atoms with van der Waals surface area (Å²) in [7, 11) is 0. The van der Waals surface area contributed by atoms with Gasteiger partial charge >= 0.3 is 0 Å². The van der Waals surface area contributed by atoms with Gasteiger partial charge in [0.05, 0.1) is 10.9 Å². The number of nitrogen functional groups attached to an aromatic ring is 1. The molecule has 4 nitrogen and oxygen atoms in total. The van der Waals surface area contributed by atoms with Crippen LogP contribution in [0.3, 0.4) is 0 Å². The van der Waals surface area contributed by atoms with Crippen LogP contribution in [0.25, 0.3) is 21.8 Å². The van der Waals surface area contributed by atoms with E-state index in [0.29, 0.717) is 21.8 Å². The molecule has 0 saturated carbocycles. The lowest BCUT2D eigenvalue weighted by Crippen LogP contribution is -1.92. The molecule has 0 amide bonds. The lowest BCUT2D eigenvalue weighted by molar-refractivity contribution is 0.589. The summed E-state index contributed by atoms with van der Waals surface area (Å²) in [6, 6.07) is 7.24. The first kappa shape index (κ1) is 8.16. The SMILES string of the molecule is Nc1nc2ccccc2c2c(F)[nH]nc12. The van der Waals surface area contributed by atoms with E-state index in [1.54, 1.807) is 12.1 Å².